The molecule has 4 amide bonds. The molecule has 1 heterocycles. The fourth-order valence-corrected chi connectivity index (χ4v) is 1.29. The summed E-state index contributed by atoms with van der Waals surface area (Å²) in [5.41, 5.74) is 1.37. The van der Waals surface area contributed by atoms with Crippen molar-refractivity contribution in [3.63, 3.8) is 0 Å². The molecule has 16 heavy (non-hydrogen) atoms. The van der Waals surface area contributed by atoms with Crippen LogP contribution in [0.1, 0.15) is 5.56 Å². The first-order valence-electron chi connectivity index (χ1n) is 4.30. The molecule has 0 aromatic heterocycles. The number of nitrogens with zero attached hydrogens (tertiary/aromatic N) is 2. The Hall–Kier alpha value is -1.17. The number of hydrogen-bond acceptors (Lipinski definition) is 3. The Morgan fingerprint density at radius 2 is 1.62 bits per heavy atom. The van der Waals surface area contributed by atoms with Gasteiger partial charge in [0.1, 0.15) is 0 Å². The number of benzene rings is 1. The maximum atomic E-state index is 11.3. The van der Waals surface area contributed by atoms with E-state index in [1.54, 1.807) is 24.3 Å². The summed E-state index contributed by atoms with van der Waals surface area (Å²) in [5.74, 6) is -1.91. The first kappa shape index (κ1) is 12.9. The molecule has 5 nitrogen and oxygen atoms in total. The first-order valence-corrected chi connectivity index (χ1v) is 4.30. The zero-order valence-corrected chi connectivity index (χ0v) is 10.9. The quantitative estimate of drug-likeness (QED) is 0.328. The number of imide groups is 2. The minimum absolute atomic E-state index is 0. The molecule has 1 aromatic carbocycles. The molecular weight excluding hydrogens is 219 g/mol. The van der Waals surface area contributed by atoms with E-state index in [2.05, 4.69) is 5.32 Å². The standard InChI is InChI=1S/C10H8N2O3.Na/c1-6-2-4-7(5-3-6)12-9(14)8(13)11-10(12)15;/h2-5H,1H3,(H,11,13,15);/q;+1/p-1. The minimum Gasteiger partial charge on any atom is -0.362 e. The van der Waals surface area contributed by atoms with Crippen LogP contribution in [0, 0.1) is 6.92 Å². The van der Waals surface area contributed by atoms with Crippen LogP contribution >= 0.6 is 0 Å². The maximum Gasteiger partial charge on any atom is 1.00 e. The van der Waals surface area contributed by atoms with Gasteiger partial charge in [0, 0.05) is 0 Å². The predicted octanol–water partition coefficient (Wildman–Crippen LogP) is -1.63. The van der Waals surface area contributed by atoms with Crippen molar-refractivity contribution in [1.29, 1.82) is 0 Å². The van der Waals surface area contributed by atoms with E-state index in [1.165, 1.54) is 0 Å². The molecule has 1 saturated heterocycles. The Balaban J connectivity index is 0.00000128. The van der Waals surface area contributed by atoms with Crippen molar-refractivity contribution in [2.24, 2.45) is 0 Å². The molecule has 0 unspecified atom stereocenters. The van der Waals surface area contributed by atoms with Gasteiger partial charge >= 0.3 is 29.6 Å². The molecule has 76 valence electrons. The van der Waals surface area contributed by atoms with Crippen molar-refractivity contribution in [2.45, 2.75) is 6.92 Å². The number of carbonyl (C=O) groups excluding carboxylic acids is 3. The molecule has 6 heteroatoms. The average Bonchev–Trinajstić information content (AvgIpc) is 2.44. The van der Waals surface area contributed by atoms with E-state index in [0.717, 1.165) is 10.5 Å². The maximum absolute atomic E-state index is 11.3. The van der Waals surface area contributed by atoms with Crippen molar-refractivity contribution in [3.8, 4) is 0 Å². The molecule has 2 rings (SSSR count). The van der Waals surface area contributed by atoms with Gasteiger partial charge < -0.3 is 10.2 Å². The third-order valence-electron chi connectivity index (χ3n) is 2.07. The van der Waals surface area contributed by atoms with Crippen molar-refractivity contribution in [1.82, 2.24) is 0 Å². The van der Waals surface area contributed by atoms with E-state index >= 15 is 0 Å². The summed E-state index contributed by atoms with van der Waals surface area (Å²) in [6.07, 6.45) is 0. The summed E-state index contributed by atoms with van der Waals surface area (Å²) in [6, 6.07) is 5.87. The van der Waals surface area contributed by atoms with Crippen LogP contribution in [0.2, 0.25) is 0 Å². The number of carbonyl (C=O) groups is 3. The summed E-state index contributed by atoms with van der Waals surface area (Å²) in [4.78, 5) is 34.1. The Morgan fingerprint density at radius 1 is 1.06 bits per heavy atom. The van der Waals surface area contributed by atoms with E-state index in [0.29, 0.717) is 5.69 Å². The van der Waals surface area contributed by atoms with E-state index in [-0.39, 0.29) is 29.6 Å². The largest absolute Gasteiger partial charge is 1.00 e. The number of amides is 4. The Morgan fingerprint density at radius 3 is 2.06 bits per heavy atom. The summed E-state index contributed by atoms with van der Waals surface area (Å²) in [6.45, 7) is 1.88. The van der Waals surface area contributed by atoms with Gasteiger partial charge in [0.2, 0.25) is 11.8 Å². The van der Waals surface area contributed by atoms with Gasteiger partial charge in [0.15, 0.2) is 6.03 Å². The number of urea groups is 1. The van der Waals surface area contributed by atoms with E-state index in [4.69, 9.17) is 0 Å². The van der Waals surface area contributed by atoms with Crippen molar-refractivity contribution in [2.75, 3.05) is 4.90 Å². The molecule has 1 fully saturated rings. The van der Waals surface area contributed by atoms with Crippen molar-refractivity contribution in [3.05, 3.63) is 35.1 Å². The average molecular weight is 226 g/mol. The third-order valence-corrected chi connectivity index (χ3v) is 2.07. The van der Waals surface area contributed by atoms with E-state index in [9.17, 15) is 14.4 Å². The van der Waals surface area contributed by atoms with Crippen LogP contribution < -0.4 is 34.5 Å². The minimum atomic E-state index is -1.01. The molecule has 0 atom stereocenters. The fourth-order valence-electron chi connectivity index (χ4n) is 1.29. The van der Waals surface area contributed by atoms with E-state index < -0.39 is 17.8 Å². The van der Waals surface area contributed by atoms with Crippen molar-refractivity contribution >= 4 is 23.5 Å². The molecule has 1 aliphatic heterocycles. The second-order valence-electron chi connectivity index (χ2n) is 3.18. The Bertz CT molecular complexity index is 456. The van der Waals surface area contributed by atoms with Gasteiger partial charge in [0.05, 0.1) is 0 Å². The summed E-state index contributed by atoms with van der Waals surface area (Å²) in [7, 11) is 0. The number of rotatable bonds is 1. The SMILES string of the molecule is Cc1ccc(N2C(=O)[N-]C(=O)C2=O)cc1.[Na+]. The second-order valence-corrected chi connectivity index (χ2v) is 3.18. The van der Waals surface area contributed by atoms with Crippen LogP contribution in [-0.4, -0.2) is 17.8 Å². The van der Waals surface area contributed by atoms with Crippen LogP contribution in [0.15, 0.2) is 24.3 Å². The second kappa shape index (κ2) is 4.78. The van der Waals surface area contributed by atoms with Crippen LogP contribution in [0.4, 0.5) is 10.5 Å². The van der Waals surface area contributed by atoms with Crippen molar-refractivity contribution < 1.29 is 43.9 Å². The molecular formula is C10H7N2NaO3. The molecule has 0 bridgehead atoms. The Labute approximate surface area is 114 Å². The molecule has 0 spiro atoms. The van der Waals surface area contributed by atoms with Gasteiger partial charge in [-0.05, 0) is 12.6 Å². The van der Waals surface area contributed by atoms with Gasteiger partial charge in [-0.1, -0.05) is 29.8 Å². The summed E-state index contributed by atoms with van der Waals surface area (Å²) in [5, 5.41) is 3.05. The van der Waals surface area contributed by atoms with Crippen LogP contribution in [0.3, 0.4) is 0 Å². The fraction of sp³-hybridized carbons (Fsp3) is 0.100. The van der Waals surface area contributed by atoms with E-state index in [1.807, 2.05) is 6.92 Å². The summed E-state index contributed by atoms with van der Waals surface area (Å²) < 4.78 is 0. The molecule has 0 N–H and O–H groups in total. The third kappa shape index (κ3) is 2.16. The molecule has 0 saturated carbocycles. The Kier molecular flexibility index (Phi) is 3.85. The van der Waals surface area contributed by atoms with Gasteiger partial charge in [-0.2, -0.15) is 0 Å². The number of hydrogen-bond donors (Lipinski definition) is 0. The van der Waals surface area contributed by atoms with Gasteiger partial charge in [-0.25, -0.2) is 0 Å². The van der Waals surface area contributed by atoms with Crippen LogP contribution in [-0.2, 0) is 9.59 Å². The predicted molar refractivity (Wildman–Crippen MR) is 52.4 cm³/mol. The number of aryl methyl sites for hydroxylation is 1. The molecule has 0 radical (unpaired) electrons. The zero-order valence-electron chi connectivity index (χ0n) is 8.93. The number of anilines is 1. The van der Waals surface area contributed by atoms with Gasteiger partial charge in [-0.3, -0.25) is 14.4 Å². The molecule has 1 aliphatic rings. The smallest absolute Gasteiger partial charge is 0.362 e. The molecule has 0 aliphatic carbocycles. The molecule has 1 aromatic rings. The first-order chi connectivity index (χ1) is 7.09. The summed E-state index contributed by atoms with van der Waals surface area (Å²) >= 11 is 0. The zero-order chi connectivity index (χ0) is 11.0. The topological polar surface area (TPSA) is 68.6 Å². The van der Waals surface area contributed by atoms with Gasteiger partial charge in [0.25, 0.3) is 0 Å². The monoisotopic (exact) mass is 226 g/mol. The normalized spacial score (nSPS) is 14.8. The van der Waals surface area contributed by atoms with Crippen LogP contribution in [0.5, 0.6) is 0 Å². The van der Waals surface area contributed by atoms with Gasteiger partial charge in [-0.15, -0.1) is 0 Å². The van der Waals surface area contributed by atoms with Crippen LogP contribution in [0.25, 0.3) is 5.32 Å².